The number of fused-ring (bicyclic) bond motifs is 2. The van der Waals surface area contributed by atoms with Gasteiger partial charge in [0.1, 0.15) is 0 Å². The van der Waals surface area contributed by atoms with Crippen LogP contribution in [0.15, 0.2) is 28.3 Å². The summed E-state index contributed by atoms with van der Waals surface area (Å²) in [6.45, 7) is 2.06. The summed E-state index contributed by atoms with van der Waals surface area (Å²) in [5.74, 6) is 1.10. The molecule has 2 heteroatoms. The van der Waals surface area contributed by atoms with Crippen LogP contribution >= 0.6 is 0 Å². The van der Waals surface area contributed by atoms with Crippen LogP contribution < -0.4 is 5.32 Å². The van der Waals surface area contributed by atoms with Gasteiger partial charge in [-0.25, -0.2) is 0 Å². The van der Waals surface area contributed by atoms with E-state index in [-0.39, 0.29) is 0 Å². The first-order chi connectivity index (χ1) is 6.84. The normalized spacial score (nSPS) is 34.8. The van der Waals surface area contributed by atoms with Gasteiger partial charge in [-0.3, -0.25) is 4.99 Å². The molecule has 1 heterocycles. The molecule has 0 aromatic rings. The van der Waals surface area contributed by atoms with Gasteiger partial charge < -0.3 is 5.32 Å². The van der Waals surface area contributed by atoms with Crippen LogP contribution in [0.3, 0.4) is 0 Å². The number of amidine groups is 1. The van der Waals surface area contributed by atoms with E-state index in [1.807, 2.05) is 0 Å². The van der Waals surface area contributed by atoms with Gasteiger partial charge in [0.15, 0.2) is 0 Å². The van der Waals surface area contributed by atoms with Gasteiger partial charge in [-0.15, -0.1) is 0 Å². The van der Waals surface area contributed by atoms with Crippen LogP contribution in [0.5, 0.6) is 0 Å². The SMILES string of the molecule is CC1=NC2C=CC3=C(CCCC3)C2N1. The quantitative estimate of drug-likeness (QED) is 0.619. The van der Waals surface area contributed by atoms with Crippen molar-refractivity contribution < 1.29 is 0 Å². The molecule has 74 valence electrons. The topological polar surface area (TPSA) is 24.4 Å². The summed E-state index contributed by atoms with van der Waals surface area (Å²) >= 11 is 0. The highest BCUT2D eigenvalue weighted by atomic mass is 15.1. The summed E-state index contributed by atoms with van der Waals surface area (Å²) in [6, 6.07) is 0.877. The average Bonchev–Trinajstić information content (AvgIpc) is 2.59. The van der Waals surface area contributed by atoms with Gasteiger partial charge in [0.25, 0.3) is 0 Å². The minimum absolute atomic E-state index is 0.381. The van der Waals surface area contributed by atoms with Crippen LogP contribution in [0, 0.1) is 0 Å². The standard InChI is InChI=1S/C12H16N2/c1-8-13-11-7-6-9-4-2-3-5-10(9)12(11)14-8/h6-7,11-12H,2-5H2,1H3,(H,13,14). The Balaban J connectivity index is 1.96. The fourth-order valence-electron chi connectivity index (χ4n) is 2.81. The molecule has 0 radical (unpaired) electrons. The monoisotopic (exact) mass is 188 g/mol. The van der Waals surface area contributed by atoms with E-state index in [4.69, 9.17) is 0 Å². The van der Waals surface area contributed by atoms with Gasteiger partial charge in [-0.2, -0.15) is 0 Å². The lowest BCUT2D eigenvalue weighted by Crippen LogP contribution is -2.37. The predicted octanol–water partition coefficient (Wildman–Crippen LogP) is 2.19. The van der Waals surface area contributed by atoms with Crippen molar-refractivity contribution in [3.05, 3.63) is 23.3 Å². The van der Waals surface area contributed by atoms with Gasteiger partial charge in [0.05, 0.1) is 17.9 Å². The molecule has 0 amide bonds. The summed E-state index contributed by atoms with van der Waals surface area (Å²) < 4.78 is 0. The van der Waals surface area contributed by atoms with E-state index in [9.17, 15) is 0 Å². The van der Waals surface area contributed by atoms with E-state index in [0.717, 1.165) is 5.84 Å². The van der Waals surface area contributed by atoms with Crippen molar-refractivity contribution in [2.45, 2.75) is 44.7 Å². The molecule has 2 nitrogen and oxygen atoms in total. The molecule has 0 bridgehead atoms. The van der Waals surface area contributed by atoms with Crippen molar-refractivity contribution in [2.75, 3.05) is 0 Å². The second-order valence-corrected chi connectivity index (χ2v) is 4.44. The van der Waals surface area contributed by atoms with Crippen molar-refractivity contribution in [3.8, 4) is 0 Å². The Hall–Kier alpha value is -1.05. The molecule has 2 atom stereocenters. The lowest BCUT2D eigenvalue weighted by atomic mass is 9.81. The van der Waals surface area contributed by atoms with Crippen LogP contribution in [-0.4, -0.2) is 17.9 Å². The molecule has 2 unspecified atom stereocenters. The Morgan fingerprint density at radius 2 is 2.21 bits per heavy atom. The zero-order chi connectivity index (χ0) is 9.54. The predicted molar refractivity (Wildman–Crippen MR) is 58.5 cm³/mol. The molecular formula is C12H16N2. The van der Waals surface area contributed by atoms with Crippen molar-refractivity contribution in [1.29, 1.82) is 0 Å². The Bertz CT molecular complexity index is 349. The molecule has 0 spiro atoms. The van der Waals surface area contributed by atoms with Gasteiger partial charge in [-0.05, 0) is 43.8 Å². The van der Waals surface area contributed by atoms with Gasteiger partial charge in [0.2, 0.25) is 0 Å². The first-order valence-corrected chi connectivity index (χ1v) is 5.55. The average molecular weight is 188 g/mol. The number of nitrogens with zero attached hydrogens (tertiary/aromatic N) is 1. The molecule has 2 aliphatic carbocycles. The van der Waals surface area contributed by atoms with E-state index in [1.165, 1.54) is 25.7 Å². The molecule has 1 N–H and O–H groups in total. The summed E-state index contributed by atoms with van der Waals surface area (Å²) in [7, 11) is 0. The third-order valence-electron chi connectivity index (χ3n) is 3.47. The van der Waals surface area contributed by atoms with Crippen molar-refractivity contribution in [1.82, 2.24) is 5.32 Å². The highest BCUT2D eigenvalue weighted by Crippen LogP contribution is 2.34. The third-order valence-corrected chi connectivity index (χ3v) is 3.47. The maximum absolute atomic E-state index is 4.59. The minimum Gasteiger partial charge on any atom is -0.365 e. The van der Waals surface area contributed by atoms with Gasteiger partial charge >= 0.3 is 0 Å². The minimum atomic E-state index is 0.381. The Morgan fingerprint density at radius 3 is 3.14 bits per heavy atom. The molecular weight excluding hydrogens is 172 g/mol. The fraction of sp³-hybridized carbons (Fsp3) is 0.583. The lowest BCUT2D eigenvalue weighted by molar-refractivity contribution is 0.567. The molecule has 1 aliphatic heterocycles. The number of rotatable bonds is 0. The summed E-state index contributed by atoms with van der Waals surface area (Å²) in [5, 5.41) is 3.50. The molecule has 3 aliphatic rings. The van der Waals surface area contributed by atoms with E-state index in [1.54, 1.807) is 11.1 Å². The summed E-state index contributed by atoms with van der Waals surface area (Å²) in [4.78, 5) is 4.59. The van der Waals surface area contributed by atoms with Crippen LogP contribution in [0.4, 0.5) is 0 Å². The summed E-state index contributed by atoms with van der Waals surface area (Å²) in [6.07, 6.45) is 9.83. The first kappa shape index (κ1) is 8.27. The lowest BCUT2D eigenvalue weighted by Gasteiger charge is -2.29. The molecule has 0 fully saturated rings. The first-order valence-electron chi connectivity index (χ1n) is 5.55. The van der Waals surface area contributed by atoms with Crippen LogP contribution in [0.2, 0.25) is 0 Å². The largest absolute Gasteiger partial charge is 0.365 e. The molecule has 0 aromatic carbocycles. The van der Waals surface area contributed by atoms with E-state index in [0.29, 0.717) is 12.1 Å². The molecule has 0 aromatic heterocycles. The Kier molecular flexibility index (Phi) is 1.76. The molecule has 14 heavy (non-hydrogen) atoms. The highest BCUT2D eigenvalue weighted by molar-refractivity contribution is 5.83. The summed E-state index contributed by atoms with van der Waals surface area (Å²) in [5.41, 5.74) is 3.21. The number of nitrogens with one attached hydrogen (secondary N) is 1. The Labute approximate surface area is 84.8 Å². The maximum Gasteiger partial charge on any atom is 0.0945 e. The van der Waals surface area contributed by atoms with Crippen LogP contribution in [0.1, 0.15) is 32.6 Å². The smallest absolute Gasteiger partial charge is 0.0945 e. The maximum atomic E-state index is 4.59. The van der Waals surface area contributed by atoms with Crippen molar-refractivity contribution in [2.24, 2.45) is 4.99 Å². The third kappa shape index (κ3) is 1.13. The second-order valence-electron chi connectivity index (χ2n) is 4.44. The molecule has 3 rings (SSSR count). The van der Waals surface area contributed by atoms with E-state index in [2.05, 4.69) is 29.4 Å². The number of aliphatic imine (C=N–C) groups is 1. The van der Waals surface area contributed by atoms with Crippen molar-refractivity contribution in [3.63, 3.8) is 0 Å². The van der Waals surface area contributed by atoms with E-state index >= 15 is 0 Å². The van der Waals surface area contributed by atoms with Crippen LogP contribution in [-0.2, 0) is 0 Å². The molecule has 0 saturated carbocycles. The fourth-order valence-corrected chi connectivity index (χ4v) is 2.81. The molecule has 0 saturated heterocycles. The number of hydrogen-bond donors (Lipinski definition) is 1. The van der Waals surface area contributed by atoms with E-state index < -0.39 is 0 Å². The second kappa shape index (κ2) is 2.97. The van der Waals surface area contributed by atoms with Crippen molar-refractivity contribution >= 4 is 5.84 Å². The zero-order valence-electron chi connectivity index (χ0n) is 8.59. The Morgan fingerprint density at radius 1 is 1.36 bits per heavy atom. The number of allylic oxidation sites excluding steroid dienone is 2. The number of hydrogen-bond acceptors (Lipinski definition) is 2. The zero-order valence-corrected chi connectivity index (χ0v) is 8.59. The van der Waals surface area contributed by atoms with Gasteiger partial charge in [-0.1, -0.05) is 12.2 Å². The van der Waals surface area contributed by atoms with Gasteiger partial charge in [0, 0.05) is 0 Å². The van der Waals surface area contributed by atoms with Crippen LogP contribution in [0.25, 0.3) is 0 Å². The highest BCUT2D eigenvalue weighted by Gasteiger charge is 2.32.